The van der Waals surface area contributed by atoms with Crippen LogP contribution in [-0.2, 0) is 12.8 Å². The van der Waals surface area contributed by atoms with Gasteiger partial charge in [-0.3, -0.25) is 9.69 Å². The summed E-state index contributed by atoms with van der Waals surface area (Å²) in [5.41, 5.74) is 8.03. The van der Waals surface area contributed by atoms with Gasteiger partial charge in [0.15, 0.2) is 5.13 Å². The molecule has 1 atom stereocenters. The van der Waals surface area contributed by atoms with E-state index in [1.54, 1.807) is 23.5 Å². The third-order valence-corrected chi connectivity index (χ3v) is 7.43. The lowest BCUT2D eigenvalue weighted by Gasteiger charge is -2.39. The molecule has 3 heterocycles. The van der Waals surface area contributed by atoms with Crippen molar-refractivity contribution in [1.29, 1.82) is 5.26 Å². The number of amides is 1. The Hall–Kier alpha value is -2.50. The quantitative estimate of drug-likeness (QED) is 0.744. The van der Waals surface area contributed by atoms with Crippen molar-refractivity contribution in [2.75, 3.05) is 31.9 Å². The molecule has 2 aromatic rings. The van der Waals surface area contributed by atoms with E-state index in [1.165, 1.54) is 16.8 Å². The van der Waals surface area contributed by atoms with E-state index in [-0.39, 0.29) is 5.91 Å². The minimum atomic E-state index is 0.0171. The summed E-state index contributed by atoms with van der Waals surface area (Å²) in [6, 6.07) is 5.86. The predicted molar refractivity (Wildman–Crippen MR) is 122 cm³/mol. The summed E-state index contributed by atoms with van der Waals surface area (Å²) in [4.78, 5) is 27.3. The fourth-order valence-electron chi connectivity index (χ4n) is 4.82. The zero-order valence-electron chi connectivity index (χ0n) is 18.1. The molecule has 1 aliphatic heterocycles. The number of piperidine rings is 1. The highest BCUT2D eigenvalue weighted by molar-refractivity contribution is 7.15. The van der Waals surface area contributed by atoms with Crippen LogP contribution in [0.15, 0.2) is 18.3 Å². The third kappa shape index (κ3) is 5.05. The van der Waals surface area contributed by atoms with Gasteiger partial charge in [0.1, 0.15) is 11.8 Å². The first kappa shape index (κ1) is 21.7. The summed E-state index contributed by atoms with van der Waals surface area (Å²) < 4.78 is 0. The average molecular weight is 439 g/mol. The minimum absolute atomic E-state index is 0.0171. The maximum absolute atomic E-state index is 12.8. The number of carbonyl (C=O) groups is 1. The maximum Gasteiger partial charge on any atom is 0.255 e. The number of nitrogens with two attached hydrogens (primary N) is 1. The topological polar surface area (TPSA) is 99.1 Å². The van der Waals surface area contributed by atoms with Crippen LogP contribution >= 0.6 is 11.3 Å². The largest absolute Gasteiger partial charge is 0.375 e. The third-order valence-electron chi connectivity index (χ3n) is 6.48. The van der Waals surface area contributed by atoms with Gasteiger partial charge in [0, 0.05) is 36.8 Å². The molecule has 7 nitrogen and oxygen atoms in total. The Morgan fingerprint density at radius 2 is 2.16 bits per heavy atom. The number of carbonyl (C=O) groups excluding carboxylic acids is 1. The first-order chi connectivity index (χ1) is 15.1. The van der Waals surface area contributed by atoms with Gasteiger partial charge in [-0.15, -0.1) is 11.3 Å². The van der Waals surface area contributed by atoms with Gasteiger partial charge in [-0.25, -0.2) is 9.97 Å². The Balaban J connectivity index is 1.32. The van der Waals surface area contributed by atoms with Crippen LogP contribution in [0.3, 0.4) is 0 Å². The number of fused-ring (bicyclic) bond motifs is 1. The Bertz CT molecular complexity index is 942. The summed E-state index contributed by atoms with van der Waals surface area (Å²) in [6.45, 7) is 6.03. The van der Waals surface area contributed by atoms with Gasteiger partial charge in [-0.2, -0.15) is 5.26 Å². The van der Waals surface area contributed by atoms with E-state index in [0.29, 0.717) is 28.3 Å². The summed E-state index contributed by atoms with van der Waals surface area (Å²) >= 11 is 1.65. The number of nitrogens with zero attached hydrogens (tertiary/aromatic N) is 5. The molecule has 4 rings (SSSR count). The molecular formula is C23H30N6OS. The Morgan fingerprint density at radius 3 is 2.84 bits per heavy atom. The molecule has 2 aliphatic rings. The SMILES string of the molecule is CCCN(CC1CCN(C(=O)c2ccc(C#N)nc2)CC1)[C@H]1CCc2nc(N)sc2C1. The van der Waals surface area contributed by atoms with Crippen LogP contribution in [0, 0.1) is 17.2 Å². The van der Waals surface area contributed by atoms with Gasteiger partial charge in [0.2, 0.25) is 0 Å². The monoisotopic (exact) mass is 438 g/mol. The molecule has 0 saturated carbocycles. The first-order valence-corrected chi connectivity index (χ1v) is 12.0. The molecule has 164 valence electrons. The summed E-state index contributed by atoms with van der Waals surface area (Å²) in [6.07, 6.45) is 7.96. The molecule has 31 heavy (non-hydrogen) atoms. The van der Waals surface area contributed by atoms with E-state index >= 15 is 0 Å². The molecule has 0 aromatic carbocycles. The molecule has 2 aromatic heterocycles. The van der Waals surface area contributed by atoms with Crippen molar-refractivity contribution in [2.45, 2.75) is 51.5 Å². The number of aromatic nitrogens is 2. The van der Waals surface area contributed by atoms with Crippen LogP contribution in [0.1, 0.15) is 59.2 Å². The van der Waals surface area contributed by atoms with Crippen molar-refractivity contribution in [1.82, 2.24) is 19.8 Å². The maximum atomic E-state index is 12.8. The molecule has 1 fully saturated rings. The normalized spacial score (nSPS) is 19.3. The van der Waals surface area contributed by atoms with Crippen molar-refractivity contribution in [3.63, 3.8) is 0 Å². The van der Waals surface area contributed by atoms with E-state index in [0.717, 1.165) is 64.7 Å². The van der Waals surface area contributed by atoms with Gasteiger partial charge in [0.25, 0.3) is 5.91 Å². The van der Waals surface area contributed by atoms with Crippen LogP contribution in [0.5, 0.6) is 0 Å². The second kappa shape index (κ2) is 9.75. The van der Waals surface area contributed by atoms with Gasteiger partial charge in [-0.05, 0) is 63.1 Å². The summed E-state index contributed by atoms with van der Waals surface area (Å²) in [5, 5.41) is 9.58. The number of rotatable bonds is 6. The second-order valence-corrected chi connectivity index (χ2v) is 9.71. The van der Waals surface area contributed by atoms with E-state index in [1.807, 2.05) is 11.0 Å². The number of hydrogen-bond donors (Lipinski definition) is 1. The van der Waals surface area contributed by atoms with E-state index < -0.39 is 0 Å². The Labute approximate surface area is 187 Å². The van der Waals surface area contributed by atoms with Crippen molar-refractivity contribution in [3.8, 4) is 6.07 Å². The molecular weight excluding hydrogens is 408 g/mol. The zero-order chi connectivity index (χ0) is 21.8. The van der Waals surface area contributed by atoms with Gasteiger partial charge >= 0.3 is 0 Å². The number of hydrogen-bond acceptors (Lipinski definition) is 7. The smallest absolute Gasteiger partial charge is 0.255 e. The van der Waals surface area contributed by atoms with E-state index in [4.69, 9.17) is 11.0 Å². The molecule has 1 amide bonds. The molecule has 0 unspecified atom stereocenters. The average Bonchev–Trinajstić information content (AvgIpc) is 3.18. The number of nitriles is 1. The molecule has 0 bridgehead atoms. The molecule has 0 spiro atoms. The number of nitrogen functional groups attached to an aromatic ring is 1. The van der Waals surface area contributed by atoms with E-state index in [2.05, 4.69) is 21.8 Å². The van der Waals surface area contributed by atoms with Crippen molar-refractivity contribution in [3.05, 3.63) is 40.2 Å². The lowest BCUT2D eigenvalue weighted by molar-refractivity contribution is 0.0642. The zero-order valence-corrected chi connectivity index (χ0v) is 18.9. The van der Waals surface area contributed by atoms with Crippen LogP contribution in [0.25, 0.3) is 0 Å². The van der Waals surface area contributed by atoms with Gasteiger partial charge in [-0.1, -0.05) is 6.92 Å². The highest BCUT2D eigenvalue weighted by atomic mass is 32.1. The Morgan fingerprint density at radius 1 is 1.35 bits per heavy atom. The number of anilines is 1. The second-order valence-electron chi connectivity index (χ2n) is 8.59. The van der Waals surface area contributed by atoms with Crippen molar-refractivity contribution < 1.29 is 4.79 Å². The van der Waals surface area contributed by atoms with Crippen LogP contribution < -0.4 is 5.73 Å². The van der Waals surface area contributed by atoms with Crippen molar-refractivity contribution >= 4 is 22.4 Å². The molecule has 0 radical (unpaired) electrons. The number of thiazole rings is 1. The van der Waals surface area contributed by atoms with Crippen LogP contribution in [-0.4, -0.2) is 57.9 Å². The van der Waals surface area contributed by atoms with Crippen molar-refractivity contribution in [2.24, 2.45) is 5.92 Å². The summed E-state index contributed by atoms with van der Waals surface area (Å²) in [5.74, 6) is 0.631. The van der Waals surface area contributed by atoms with Crippen LogP contribution in [0.4, 0.5) is 5.13 Å². The van der Waals surface area contributed by atoms with Gasteiger partial charge < -0.3 is 10.6 Å². The first-order valence-electron chi connectivity index (χ1n) is 11.2. The fraction of sp³-hybridized carbons (Fsp3) is 0.565. The number of likely N-dealkylation sites (tertiary alicyclic amines) is 1. The predicted octanol–water partition coefficient (Wildman–Crippen LogP) is 3.11. The lowest BCUT2D eigenvalue weighted by atomic mass is 9.92. The summed E-state index contributed by atoms with van der Waals surface area (Å²) in [7, 11) is 0. The van der Waals surface area contributed by atoms with Gasteiger partial charge in [0.05, 0.1) is 11.3 Å². The highest BCUT2D eigenvalue weighted by Crippen LogP contribution is 2.31. The molecule has 1 saturated heterocycles. The highest BCUT2D eigenvalue weighted by Gasteiger charge is 2.30. The molecule has 8 heteroatoms. The molecule has 1 aliphatic carbocycles. The number of aryl methyl sites for hydroxylation is 1. The Kier molecular flexibility index (Phi) is 6.83. The molecule has 2 N–H and O–H groups in total. The van der Waals surface area contributed by atoms with E-state index in [9.17, 15) is 4.79 Å². The fourth-order valence-corrected chi connectivity index (χ4v) is 5.77. The number of pyridine rings is 1. The minimum Gasteiger partial charge on any atom is -0.375 e. The lowest BCUT2D eigenvalue weighted by Crippen LogP contribution is -2.45. The van der Waals surface area contributed by atoms with Crippen LogP contribution in [0.2, 0.25) is 0 Å². The standard InChI is InChI=1S/C23H30N6OS/c1-2-9-29(19-5-6-20-21(12-19)31-23(25)27-20)15-16-7-10-28(11-8-16)22(30)17-3-4-18(13-24)26-14-17/h3-4,14,16,19H,2,5-12,15H2,1H3,(H2,25,27)/t19-/m0/s1.